The zero-order chi connectivity index (χ0) is 25.9. The van der Waals surface area contributed by atoms with Gasteiger partial charge in [-0.15, -0.1) is 0 Å². The monoisotopic (exact) mass is 498 g/mol. The van der Waals surface area contributed by atoms with E-state index in [2.05, 4.69) is 36.2 Å². The number of nitrogens with zero attached hydrogens (tertiary/aromatic N) is 4. The lowest BCUT2D eigenvalue weighted by Crippen LogP contribution is -2.20. The number of benzene rings is 2. The summed E-state index contributed by atoms with van der Waals surface area (Å²) in [4.78, 5) is 36.7. The maximum atomic E-state index is 13.5. The van der Waals surface area contributed by atoms with Gasteiger partial charge in [0.2, 0.25) is 5.91 Å². The molecule has 0 saturated carbocycles. The van der Waals surface area contributed by atoms with Gasteiger partial charge in [0.25, 0.3) is 0 Å². The zero-order valence-electron chi connectivity index (χ0n) is 19.1. The van der Waals surface area contributed by atoms with Crippen LogP contribution in [0.25, 0.3) is 16.9 Å². The second-order valence-corrected chi connectivity index (χ2v) is 7.54. The molecule has 4 rings (SSSR count). The predicted octanol–water partition coefficient (Wildman–Crippen LogP) is 4.87. The smallest absolute Gasteiger partial charge is 0.371 e. The first-order valence-corrected chi connectivity index (χ1v) is 10.7. The Morgan fingerprint density at radius 2 is 1.64 bits per heavy atom. The van der Waals surface area contributed by atoms with Gasteiger partial charge in [0, 0.05) is 30.5 Å². The number of fused-ring (bicyclic) bond motifs is 1. The number of hydrogen-bond acceptors (Lipinski definition) is 6. The molecule has 0 bridgehead atoms. The van der Waals surface area contributed by atoms with Gasteiger partial charge in [-0.05, 0) is 42.5 Å². The van der Waals surface area contributed by atoms with Crippen molar-refractivity contribution in [2.24, 2.45) is 0 Å². The molecule has 0 unspecified atom stereocenters. The quantitative estimate of drug-likeness (QED) is 0.301. The first-order valence-electron chi connectivity index (χ1n) is 10.7. The van der Waals surface area contributed by atoms with Crippen LogP contribution in [0, 0.1) is 0 Å². The molecule has 0 fully saturated rings. The molecule has 4 N–H and O–H groups in total. The van der Waals surface area contributed by atoms with Gasteiger partial charge < -0.3 is 21.3 Å². The Balaban J connectivity index is 1.48. The Hall–Kier alpha value is -4.68. The van der Waals surface area contributed by atoms with Gasteiger partial charge in [0.15, 0.2) is 17.0 Å². The van der Waals surface area contributed by atoms with Crippen LogP contribution in [0.1, 0.15) is 18.9 Å². The van der Waals surface area contributed by atoms with Crippen LogP contribution in [0.3, 0.4) is 0 Å². The third-order valence-corrected chi connectivity index (χ3v) is 5.15. The lowest BCUT2D eigenvalue weighted by molar-refractivity contribution is -0.136. The first-order chi connectivity index (χ1) is 17.2. The van der Waals surface area contributed by atoms with E-state index in [1.165, 1.54) is 19.3 Å². The zero-order valence-corrected chi connectivity index (χ0v) is 19.1. The maximum Gasteiger partial charge on any atom is 0.418 e. The molecule has 0 atom stereocenters. The van der Waals surface area contributed by atoms with Gasteiger partial charge in [-0.3, -0.25) is 9.36 Å². The SMILES string of the molecule is CCC(=O)Nc1ccc(NC(=O)Nc2ccc(-n3cnc4c(NC)ncnc43)cc2)cc1C(F)(F)F. The van der Waals surface area contributed by atoms with E-state index in [4.69, 9.17) is 0 Å². The van der Waals surface area contributed by atoms with Crippen LogP contribution < -0.4 is 21.3 Å². The van der Waals surface area contributed by atoms with E-state index in [1.54, 1.807) is 42.2 Å². The Morgan fingerprint density at radius 1 is 0.944 bits per heavy atom. The molecular formula is C23H21F3N8O2. The predicted molar refractivity (Wildman–Crippen MR) is 129 cm³/mol. The third kappa shape index (κ3) is 5.19. The molecule has 4 aromatic rings. The third-order valence-electron chi connectivity index (χ3n) is 5.15. The summed E-state index contributed by atoms with van der Waals surface area (Å²) in [5, 5.41) is 10.1. The summed E-state index contributed by atoms with van der Waals surface area (Å²) in [6.07, 6.45) is -1.68. The molecule has 2 aromatic heterocycles. The van der Waals surface area contributed by atoms with Crippen molar-refractivity contribution in [2.45, 2.75) is 19.5 Å². The lowest BCUT2D eigenvalue weighted by Gasteiger charge is -2.16. The maximum absolute atomic E-state index is 13.5. The minimum atomic E-state index is -4.73. The average molecular weight is 498 g/mol. The van der Waals surface area contributed by atoms with Crippen LogP contribution in [0.15, 0.2) is 55.1 Å². The van der Waals surface area contributed by atoms with Crippen molar-refractivity contribution in [1.29, 1.82) is 0 Å². The molecule has 186 valence electrons. The largest absolute Gasteiger partial charge is 0.418 e. The summed E-state index contributed by atoms with van der Waals surface area (Å²) in [5.41, 5.74) is 0.792. The number of rotatable bonds is 6. The van der Waals surface area contributed by atoms with E-state index in [-0.39, 0.29) is 17.8 Å². The molecule has 2 aromatic carbocycles. The van der Waals surface area contributed by atoms with Gasteiger partial charge >= 0.3 is 12.2 Å². The van der Waals surface area contributed by atoms with Crippen molar-refractivity contribution >= 4 is 46.0 Å². The summed E-state index contributed by atoms with van der Waals surface area (Å²) < 4.78 is 42.1. The fourth-order valence-corrected chi connectivity index (χ4v) is 3.41. The molecule has 0 radical (unpaired) electrons. The molecular weight excluding hydrogens is 477 g/mol. The molecule has 0 aliphatic heterocycles. The van der Waals surface area contributed by atoms with Crippen LogP contribution in [0.5, 0.6) is 0 Å². The minimum absolute atomic E-state index is 0.0280. The Bertz CT molecular complexity index is 1420. The van der Waals surface area contributed by atoms with Crippen LogP contribution in [0.2, 0.25) is 0 Å². The minimum Gasteiger partial charge on any atom is -0.371 e. The highest BCUT2D eigenvalue weighted by Crippen LogP contribution is 2.36. The summed E-state index contributed by atoms with van der Waals surface area (Å²) in [6.45, 7) is 1.53. The van der Waals surface area contributed by atoms with Crippen molar-refractivity contribution in [2.75, 3.05) is 28.3 Å². The highest BCUT2D eigenvalue weighted by molar-refractivity contribution is 6.00. The number of aromatic nitrogens is 4. The molecule has 0 saturated heterocycles. The van der Waals surface area contributed by atoms with Crippen LogP contribution >= 0.6 is 0 Å². The number of alkyl halides is 3. The molecule has 2 heterocycles. The molecule has 10 nitrogen and oxygen atoms in total. The van der Waals surface area contributed by atoms with Crippen molar-refractivity contribution in [1.82, 2.24) is 19.5 Å². The fraction of sp³-hybridized carbons (Fsp3) is 0.174. The van der Waals surface area contributed by atoms with Crippen molar-refractivity contribution in [3.8, 4) is 5.69 Å². The number of carbonyl (C=O) groups excluding carboxylic acids is 2. The van der Waals surface area contributed by atoms with Gasteiger partial charge in [0.05, 0.1) is 11.3 Å². The summed E-state index contributed by atoms with van der Waals surface area (Å²) >= 11 is 0. The Kier molecular flexibility index (Phi) is 6.72. The van der Waals surface area contributed by atoms with Crippen LogP contribution in [-0.2, 0) is 11.0 Å². The Morgan fingerprint density at radius 3 is 2.31 bits per heavy atom. The van der Waals surface area contributed by atoms with E-state index in [1.807, 2.05) is 0 Å². The molecule has 0 aliphatic carbocycles. The number of halogens is 3. The van der Waals surface area contributed by atoms with Crippen LogP contribution in [-0.4, -0.2) is 38.5 Å². The average Bonchev–Trinajstić information content (AvgIpc) is 3.29. The highest BCUT2D eigenvalue weighted by Gasteiger charge is 2.34. The molecule has 36 heavy (non-hydrogen) atoms. The fourth-order valence-electron chi connectivity index (χ4n) is 3.41. The van der Waals surface area contributed by atoms with Crippen molar-refractivity contribution < 1.29 is 22.8 Å². The number of carbonyl (C=O) groups is 2. The number of urea groups is 1. The van der Waals surface area contributed by atoms with Gasteiger partial charge in [-0.2, -0.15) is 13.2 Å². The van der Waals surface area contributed by atoms with Gasteiger partial charge in [0.1, 0.15) is 12.7 Å². The van der Waals surface area contributed by atoms with E-state index in [9.17, 15) is 22.8 Å². The second kappa shape index (κ2) is 9.90. The first kappa shape index (κ1) is 24.4. The van der Waals surface area contributed by atoms with Crippen molar-refractivity contribution in [3.05, 3.63) is 60.7 Å². The van der Waals surface area contributed by atoms with E-state index < -0.39 is 23.7 Å². The molecule has 0 aliphatic rings. The Labute approximate surface area is 203 Å². The standard InChI is InChI=1S/C23H21F3N8O2/c1-3-18(35)33-17-9-6-14(10-16(17)23(24,25)26)32-22(36)31-13-4-7-15(8-5-13)34-12-30-19-20(27-2)28-11-29-21(19)34/h4-12H,3H2,1-2H3,(H,33,35)(H,27,28,29)(H2,31,32,36). The van der Waals surface area contributed by atoms with E-state index in [0.717, 1.165) is 17.8 Å². The van der Waals surface area contributed by atoms with E-state index >= 15 is 0 Å². The number of anilines is 4. The normalized spacial score (nSPS) is 11.2. The lowest BCUT2D eigenvalue weighted by atomic mass is 10.1. The van der Waals surface area contributed by atoms with Gasteiger partial charge in [-0.25, -0.2) is 19.7 Å². The number of hydrogen-bond donors (Lipinski definition) is 4. The van der Waals surface area contributed by atoms with Crippen LogP contribution in [0.4, 0.5) is 40.8 Å². The molecule has 0 spiro atoms. The number of nitrogens with one attached hydrogen (secondary N) is 4. The number of imidazole rings is 1. The second-order valence-electron chi connectivity index (χ2n) is 7.54. The van der Waals surface area contributed by atoms with Gasteiger partial charge in [-0.1, -0.05) is 6.92 Å². The van der Waals surface area contributed by atoms with Crippen molar-refractivity contribution in [3.63, 3.8) is 0 Å². The molecule has 3 amide bonds. The number of amides is 3. The summed E-state index contributed by atoms with van der Waals surface area (Å²) in [5.74, 6) is 0.0316. The topological polar surface area (TPSA) is 126 Å². The summed E-state index contributed by atoms with van der Waals surface area (Å²) in [7, 11) is 1.73. The van der Waals surface area contributed by atoms with E-state index in [0.29, 0.717) is 22.7 Å². The summed E-state index contributed by atoms with van der Waals surface area (Å²) in [6, 6.07) is 9.11. The molecule has 13 heteroatoms. The highest BCUT2D eigenvalue weighted by atomic mass is 19.4.